The molecule has 0 amide bonds. The van der Waals surface area contributed by atoms with E-state index in [1.807, 2.05) is 6.08 Å². The van der Waals surface area contributed by atoms with Crippen molar-refractivity contribution in [1.29, 1.82) is 0 Å². The van der Waals surface area contributed by atoms with E-state index in [2.05, 4.69) is 13.8 Å². The van der Waals surface area contributed by atoms with E-state index in [0.717, 1.165) is 44.9 Å². The zero-order chi connectivity index (χ0) is 14.8. The fourth-order valence-electron chi connectivity index (χ4n) is 5.58. The van der Waals surface area contributed by atoms with Crippen LogP contribution in [-0.4, -0.2) is 11.6 Å². The molecule has 112 valence electrons. The van der Waals surface area contributed by atoms with Gasteiger partial charge in [-0.05, 0) is 50.5 Å². The molecule has 0 aromatic carbocycles. The van der Waals surface area contributed by atoms with E-state index in [1.54, 1.807) is 11.1 Å². The van der Waals surface area contributed by atoms with Crippen LogP contribution in [0.3, 0.4) is 0 Å². The fourth-order valence-corrected chi connectivity index (χ4v) is 5.58. The predicted octanol–water partition coefficient (Wildman–Crippen LogP) is 4.15. The quantitative estimate of drug-likeness (QED) is 0.626. The van der Waals surface area contributed by atoms with Crippen LogP contribution < -0.4 is 0 Å². The Morgan fingerprint density at radius 1 is 1.00 bits per heavy atom. The van der Waals surface area contributed by atoms with Gasteiger partial charge in [0.05, 0.1) is 0 Å². The molecule has 0 spiro atoms. The van der Waals surface area contributed by atoms with Crippen LogP contribution >= 0.6 is 0 Å². The van der Waals surface area contributed by atoms with E-state index in [0.29, 0.717) is 23.9 Å². The Hall–Kier alpha value is -1.18. The number of fused-ring (bicyclic) bond motifs is 4. The van der Waals surface area contributed by atoms with Crippen molar-refractivity contribution in [2.45, 2.75) is 65.2 Å². The molecule has 2 heteroatoms. The fraction of sp³-hybridized carbons (Fsp3) is 0.684. The molecule has 0 radical (unpaired) electrons. The highest BCUT2D eigenvalue weighted by molar-refractivity contribution is 5.92. The molecular weight excluding hydrogens is 260 g/mol. The van der Waals surface area contributed by atoms with Gasteiger partial charge in [-0.1, -0.05) is 30.6 Å². The average molecular weight is 284 g/mol. The summed E-state index contributed by atoms with van der Waals surface area (Å²) in [7, 11) is 0. The van der Waals surface area contributed by atoms with Crippen molar-refractivity contribution in [3.05, 3.63) is 22.8 Å². The number of ketones is 2. The van der Waals surface area contributed by atoms with Gasteiger partial charge in [-0.3, -0.25) is 9.59 Å². The van der Waals surface area contributed by atoms with Gasteiger partial charge in [-0.2, -0.15) is 0 Å². The normalized spacial score (nSPS) is 42.4. The third-order valence-corrected chi connectivity index (χ3v) is 7.01. The standard InChI is InChI=1S/C19H24O2/c1-18-9-7-13(20)11-12(18)3-4-14-15-5-6-17(21)19(15,2)10-8-16(14)18/h11,15H,3-10H2,1-2H3. The Balaban J connectivity index is 1.82. The lowest BCUT2D eigenvalue weighted by Crippen LogP contribution is -2.40. The zero-order valence-corrected chi connectivity index (χ0v) is 13.1. The second-order valence-corrected chi connectivity index (χ2v) is 7.90. The van der Waals surface area contributed by atoms with Crippen LogP contribution in [-0.2, 0) is 9.59 Å². The Labute approximate surface area is 126 Å². The van der Waals surface area contributed by atoms with Gasteiger partial charge in [0.1, 0.15) is 5.78 Å². The molecule has 3 atom stereocenters. The molecule has 0 heterocycles. The molecule has 0 bridgehead atoms. The van der Waals surface area contributed by atoms with Gasteiger partial charge < -0.3 is 0 Å². The molecule has 1 fully saturated rings. The zero-order valence-electron chi connectivity index (χ0n) is 13.1. The summed E-state index contributed by atoms with van der Waals surface area (Å²) in [6.07, 6.45) is 9.63. The highest BCUT2D eigenvalue weighted by Crippen LogP contribution is 2.61. The van der Waals surface area contributed by atoms with Gasteiger partial charge in [0.25, 0.3) is 0 Å². The minimum Gasteiger partial charge on any atom is -0.299 e. The number of hydrogen-bond acceptors (Lipinski definition) is 2. The second-order valence-electron chi connectivity index (χ2n) is 7.90. The third kappa shape index (κ3) is 1.65. The summed E-state index contributed by atoms with van der Waals surface area (Å²) in [5.41, 5.74) is 4.61. The molecule has 3 unspecified atom stereocenters. The molecule has 0 saturated heterocycles. The molecular formula is C19H24O2. The second kappa shape index (κ2) is 4.18. The monoisotopic (exact) mass is 284 g/mol. The summed E-state index contributed by atoms with van der Waals surface area (Å²) < 4.78 is 0. The molecule has 0 N–H and O–H groups in total. The first-order valence-electron chi connectivity index (χ1n) is 8.45. The highest BCUT2D eigenvalue weighted by atomic mass is 16.1. The molecule has 4 rings (SSSR count). The molecule has 2 nitrogen and oxygen atoms in total. The van der Waals surface area contributed by atoms with Crippen LogP contribution in [0.1, 0.15) is 65.2 Å². The topological polar surface area (TPSA) is 34.1 Å². The van der Waals surface area contributed by atoms with Crippen molar-refractivity contribution in [2.24, 2.45) is 16.7 Å². The number of carbonyl (C=O) groups is 2. The summed E-state index contributed by atoms with van der Waals surface area (Å²) in [5.74, 6) is 1.29. The maximum absolute atomic E-state index is 12.3. The Morgan fingerprint density at radius 3 is 2.62 bits per heavy atom. The Kier molecular flexibility index (Phi) is 2.68. The van der Waals surface area contributed by atoms with E-state index in [-0.39, 0.29) is 10.8 Å². The molecule has 0 aromatic rings. The number of hydrogen-bond donors (Lipinski definition) is 0. The maximum atomic E-state index is 12.3. The minimum absolute atomic E-state index is 0.0824. The van der Waals surface area contributed by atoms with E-state index < -0.39 is 0 Å². The predicted molar refractivity (Wildman–Crippen MR) is 81.8 cm³/mol. The van der Waals surface area contributed by atoms with Crippen LogP contribution in [0.15, 0.2) is 22.8 Å². The SMILES string of the molecule is CC12CCC(=O)C=C1CCC1=C2CCC2(C)C(=O)CCC12. The van der Waals surface area contributed by atoms with Gasteiger partial charge in [0, 0.05) is 23.7 Å². The molecule has 4 aliphatic rings. The van der Waals surface area contributed by atoms with Crippen LogP contribution in [0.5, 0.6) is 0 Å². The van der Waals surface area contributed by atoms with E-state index in [4.69, 9.17) is 0 Å². The lowest BCUT2D eigenvalue weighted by molar-refractivity contribution is -0.126. The summed E-state index contributed by atoms with van der Waals surface area (Å²) in [6, 6.07) is 0. The van der Waals surface area contributed by atoms with Gasteiger partial charge in [-0.25, -0.2) is 0 Å². The van der Waals surface area contributed by atoms with E-state index >= 15 is 0 Å². The summed E-state index contributed by atoms with van der Waals surface area (Å²) in [6.45, 7) is 4.55. The van der Waals surface area contributed by atoms with Gasteiger partial charge in [-0.15, -0.1) is 0 Å². The van der Waals surface area contributed by atoms with Gasteiger partial charge >= 0.3 is 0 Å². The molecule has 0 aromatic heterocycles. The van der Waals surface area contributed by atoms with Crippen molar-refractivity contribution >= 4 is 11.6 Å². The minimum atomic E-state index is -0.0824. The maximum Gasteiger partial charge on any atom is 0.155 e. The number of Topliss-reactive ketones (excluding diaryl/α,β-unsaturated/α-hetero) is 1. The summed E-state index contributed by atoms with van der Waals surface area (Å²) in [4.78, 5) is 24.1. The molecule has 1 saturated carbocycles. The molecule has 4 aliphatic carbocycles. The largest absolute Gasteiger partial charge is 0.299 e. The molecule has 0 aliphatic heterocycles. The van der Waals surface area contributed by atoms with Crippen molar-refractivity contribution in [1.82, 2.24) is 0 Å². The first-order chi connectivity index (χ1) is 9.95. The first-order valence-corrected chi connectivity index (χ1v) is 8.45. The molecule has 21 heavy (non-hydrogen) atoms. The smallest absolute Gasteiger partial charge is 0.155 e. The summed E-state index contributed by atoms with van der Waals surface area (Å²) in [5, 5.41) is 0. The Morgan fingerprint density at radius 2 is 1.81 bits per heavy atom. The summed E-state index contributed by atoms with van der Waals surface area (Å²) >= 11 is 0. The van der Waals surface area contributed by atoms with Crippen LogP contribution in [0.4, 0.5) is 0 Å². The van der Waals surface area contributed by atoms with E-state index in [1.165, 1.54) is 5.57 Å². The number of rotatable bonds is 0. The van der Waals surface area contributed by atoms with Crippen molar-refractivity contribution < 1.29 is 9.59 Å². The van der Waals surface area contributed by atoms with Crippen molar-refractivity contribution in [2.75, 3.05) is 0 Å². The number of allylic oxidation sites excluding steroid dienone is 4. The van der Waals surface area contributed by atoms with Gasteiger partial charge in [0.15, 0.2) is 5.78 Å². The van der Waals surface area contributed by atoms with Gasteiger partial charge in [0.2, 0.25) is 0 Å². The van der Waals surface area contributed by atoms with Crippen LogP contribution in [0, 0.1) is 16.7 Å². The van der Waals surface area contributed by atoms with Crippen molar-refractivity contribution in [3.63, 3.8) is 0 Å². The van der Waals surface area contributed by atoms with Crippen LogP contribution in [0.25, 0.3) is 0 Å². The van der Waals surface area contributed by atoms with Crippen molar-refractivity contribution in [3.8, 4) is 0 Å². The third-order valence-electron chi connectivity index (χ3n) is 7.01. The lowest BCUT2D eigenvalue weighted by atomic mass is 9.54. The Bertz CT molecular complexity index is 609. The first kappa shape index (κ1) is 13.5. The average Bonchev–Trinajstić information content (AvgIpc) is 2.76. The lowest BCUT2D eigenvalue weighted by Gasteiger charge is -2.49. The van der Waals surface area contributed by atoms with E-state index in [9.17, 15) is 9.59 Å². The van der Waals surface area contributed by atoms with Crippen LogP contribution in [0.2, 0.25) is 0 Å². The number of carbonyl (C=O) groups excluding carboxylic acids is 2. The highest BCUT2D eigenvalue weighted by Gasteiger charge is 2.53.